The quantitative estimate of drug-likeness (QED) is 0.393. The predicted octanol–water partition coefficient (Wildman–Crippen LogP) is -0.151. The van der Waals surface area contributed by atoms with Crippen molar-refractivity contribution >= 4 is 20.7 Å². The second-order valence-corrected chi connectivity index (χ2v) is 7.21. The first kappa shape index (κ1) is 15.3. The van der Waals surface area contributed by atoms with Gasteiger partial charge in [0.2, 0.25) is 0 Å². The Hall–Kier alpha value is -0.803. The molecule has 0 radical (unpaired) electrons. The molecule has 1 heterocycles. The Morgan fingerprint density at radius 1 is 1.28 bits per heavy atom. The minimum atomic E-state index is -2.71. The van der Waals surface area contributed by atoms with Gasteiger partial charge >= 0.3 is 20.7 Å². The van der Waals surface area contributed by atoms with Crippen LogP contribution in [0, 0.1) is 0 Å². The van der Waals surface area contributed by atoms with Crippen LogP contribution in [0.2, 0.25) is 6.04 Å². The maximum absolute atomic E-state index is 11.3. The van der Waals surface area contributed by atoms with E-state index in [1.54, 1.807) is 0 Å². The van der Waals surface area contributed by atoms with E-state index < -0.39 is 26.3 Å². The molecule has 1 rings (SSSR count). The van der Waals surface area contributed by atoms with Crippen LogP contribution in [-0.2, 0) is 27.6 Å². The Kier molecular flexibility index (Phi) is 4.99. The molecule has 0 aromatic carbocycles. The molecular weight excluding hydrogens is 260 g/mol. The molecule has 0 bridgehead atoms. The smallest absolute Gasteiger partial charge is 0.391 e. The lowest BCUT2D eigenvalue weighted by atomic mass is 9.97. The zero-order valence-electron chi connectivity index (χ0n) is 10.7. The molecule has 1 unspecified atom stereocenters. The summed E-state index contributed by atoms with van der Waals surface area (Å²) >= 11 is 0. The third kappa shape index (κ3) is 3.15. The Morgan fingerprint density at radius 2 is 1.83 bits per heavy atom. The van der Waals surface area contributed by atoms with E-state index in [0.717, 1.165) is 0 Å². The first-order chi connectivity index (χ1) is 8.41. The Labute approximate surface area is 106 Å². The van der Waals surface area contributed by atoms with Gasteiger partial charge in [-0.25, -0.2) is 4.79 Å². The van der Waals surface area contributed by atoms with E-state index in [0.29, 0.717) is 12.5 Å². The molecule has 8 heteroatoms. The van der Waals surface area contributed by atoms with Crippen LogP contribution in [0.5, 0.6) is 0 Å². The first-order valence-corrected chi connectivity index (χ1v) is 7.47. The number of aliphatic hydroxyl groups is 1. The van der Waals surface area contributed by atoms with Crippen LogP contribution >= 0.6 is 0 Å². The summed E-state index contributed by atoms with van der Waals surface area (Å²) in [6, 6.07) is 0.445. The molecule has 1 saturated heterocycles. The highest BCUT2D eigenvalue weighted by Crippen LogP contribution is 2.28. The molecule has 0 aliphatic carbocycles. The molecule has 0 amide bonds. The van der Waals surface area contributed by atoms with Crippen LogP contribution in [0.25, 0.3) is 0 Å². The second-order valence-electron chi connectivity index (χ2n) is 4.12. The highest BCUT2D eigenvalue weighted by atomic mass is 28.4. The van der Waals surface area contributed by atoms with Crippen molar-refractivity contribution in [2.24, 2.45) is 0 Å². The van der Waals surface area contributed by atoms with E-state index in [4.69, 9.17) is 13.3 Å². The highest BCUT2D eigenvalue weighted by molar-refractivity contribution is 6.60. The van der Waals surface area contributed by atoms with Gasteiger partial charge < -0.3 is 23.1 Å². The van der Waals surface area contributed by atoms with Gasteiger partial charge in [-0.05, 0) is 12.8 Å². The van der Waals surface area contributed by atoms with Crippen molar-refractivity contribution in [3.63, 3.8) is 0 Å². The summed E-state index contributed by atoms with van der Waals surface area (Å²) in [5.41, 5.74) is -1.72. The van der Waals surface area contributed by atoms with Gasteiger partial charge in [0.1, 0.15) is 0 Å². The van der Waals surface area contributed by atoms with E-state index in [1.807, 2.05) is 0 Å². The van der Waals surface area contributed by atoms with Gasteiger partial charge in [-0.1, -0.05) is 0 Å². The van der Waals surface area contributed by atoms with Crippen molar-refractivity contribution in [3.05, 3.63) is 0 Å². The number of cyclic esters (lactones) is 2. The third-order valence-electron chi connectivity index (χ3n) is 3.03. The van der Waals surface area contributed by atoms with Crippen molar-refractivity contribution in [3.8, 4) is 0 Å². The minimum absolute atomic E-state index is 0.113. The van der Waals surface area contributed by atoms with E-state index in [-0.39, 0.29) is 12.8 Å². The lowest BCUT2D eigenvalue weighted by molar-refractivity contribution is -0.159. The molecule has 0 aromatic rings. The van der Waals surface area contributed by atoms with Gasteiger partial charge in [0.05, 0.1) is 6.42 Å². The van der Waals surface area contributed by atoms with Crippen molar-refractivity contribution in [2.45, 2.75) is 30.9 Å². The number of esters is 2. The van der Waals surface area contributed by atoms with Crippen molar-refractivity contribution in [1.82, 2.24) is 0 Å². The molecule has 18 heavy (non-hydrogen) atoms. The van der Waals surface area contributed by atoms with E-state index in [9.17, 15) is 14.7 Å². The highest BCUT2D eigenvalue weighted by Gasteiger charge is 2.48. The number of hydrogen-bond acceptors (Lipinski definition) is 7. The zero-order chi connectivity index (χ0) is 13.8. The second kappa shape index (κ2) is 5.89. The molecule has 0 aromatic heterocycles. The van der Waals surface area contributed by atoms with Gasteiger partial charge in [-0.3, -0.25) is 4.79 Å². The maximum atomic E-state index is 11.3. The first-order valence-electron chi connectivity index (χ1n) is 5.54. The Bertz CT molecular complexity index is 320. The molecule has 0 saturated carbocycles. The minimum Gasteiger partial charge on any atom is -0.391 e. The normalized spacial score (nSPS) is 24.4. The van der Waals surface area contributed by atoms with Crippen molar-refractivity contribution in [1.29, 1.82) is 0 Å². The fourth-order valence-electron chi connectivity index (χ4n) is 1.89. The SMILES string of the molecule is CO[Si](CCCC1(O)CC(=O)OC1=O)(OC)OC. The lowest BCUT2D eigenvalue weighted by Gasteiger charge is -2.25. The molecule has 1 aliphatic rings. The topological polar surface area (TPSA) is 91.3 Å². The predicted molar refractivity (Wildman–Crippen MR) is 61.5 cm³/mol. The standard InChI is InChI=1S/C10H18O7Si/c1-14-18(15-2,16-3)6-4-5-10(13)7-8(11)17-9(10)12/h13H,4-7H2,1-3H3. The maximum Gasteiger partial charge on any atom is 0.500 e. The van der Waals surface area contributed by atoms with Crippen LogP contribution in [-0.4, -0.2) is 52.8 Å². The molecule has 1 atom stereocenters. The van der Waals surface area contributed by atoms with Crippen LogP contribution in [0.3, 0.4) is 0 Å². The molecule has 0 spiro atoms. The largest absolute Gasteiger partial charge is 0.500 e. The lowest BCUT2D eigenvalue weighted by Crippen LogP contribution is -2.43. The number of hydrogen-bond donors (Lipinski definition) is 1. The summed E-state index contributed by atoms with van der Waals surface area (Å²) in [4.78, 5) is 22.2. The third-order valence-corrected chi connectivity index (χ3v) is 5.86. The van der Waals surface area contributed by atoms with Gasteiger partial charge in [0.25, 0.3) is 0 Å². The van der Waals surface area contributed by atoms with Gasteiger partial charge in [0, 0.05) is 27.4 Å². The summed E-state index contributed by atoms with van der Waals surface area (Å²) < 4.78 is 20.0. The average Bonchev–Trinajstić information content (AvgIpc) is 2.59. The molecule has 1 aliphatic heterocycles. The summed E-state index contributed by atoms with van der Waals surface area (Å²) in [5, 5.41) is 9.94. The van der Waals surface area contributed by atoms with Gasteiger partial charge in [0.15, 0.2) is 5.60 Å². The van der Waals surface area contributed by atoms with E-state index in [1.165, 1.54) is 21.3 Å². The molecule has 104 valence electrons. The van der Waals surface area contributed by atoms with Gasteiger partial charge in [-0.2, -0.15) is 0 Å². The average molecular weight is 278 g/mol. The van der Waals surface area contributed by atoms with Crippen LogP contribution in [0.15, 0.2) is 0 Å². The number of rotatable bonds is 7. The van der Waals surface area contributed by atoms with E-state index >= 15 is 0 Å². The molecule has 7 nitrogen and oxygen atoms in total. The summed E-state index contributed by atoms with van der Waals surface area (Å²) in [6.07, 6.45) is 0.246. The van der Waals surface area contributed by atoms with Crippen molar-refractivity contribution in [2.75, 3.05) is 21.3 Å². The van der Waals surface area contributed by atoms with Crippen LogP contribution in [0.1, 0.15) is 19.3 Å². The van der Waals surface area contributed by atoms with Crippen molar-refractivity contribution < 1.29 is 32.7 Å². The Balaban J connectivity index is 2.51. The monoisotopic (exact) mass is 278 g/mol. The fraction of sp³-hybridized carbons (Fsp3) is 0.800. The summed E-state index contributed by atoms with van der Waals surface area (Å²) in [7, 11) is 1.75. The zero-order valence-corrected chi connectivity index (χ0v) is 11.7. The fourth-order valence-corrected chi connectivity index (χ4v) is 3.61. The number of ether oxygens (including phenoxy) is 1. The van der Waals surface area contributed by atoms with Crippen LogP contribution < -0.4 is 0 Å². The van der Waals surface area contributed by atoms with Crippen LogP contribution in [0.4, 0.5) is 0 Å². The summed E-state index contributed by atoms with van der Waals surface area (Å²) in [6.45, 7) is 0. The summed E-state index contributed by atoms with van der Waals surface area (Å²) in [5.74, 6) is -1.58. The number of carbonyl (C=O) groups excluding carboxylic acids is 2. The molecular formula is C10H18O7Si. The van der Waals surface area contributed by atoms with Gasteiger partial charge in [-0.15, -0.1) is 0 Å². The molecule has 1 N–H and O–H groups in total. The number of carbonyl (C=O) groups is 2. The van der Waals surface area contributed by atoms with E-state index in [2.05, 4.69) is 4.74 Å². The Morgan fingerprint density at radius 3 is 2.22 bits per heavy atom. The molecule has 1 fully saturated rings.